The maximum atomic E-state index is 5.19. The van der Waals surface area contributed by atoms with E-state index >= 15 is 0 Å². The van der Waals surface area contributed by atoms with Crippen molar-refractivity contribution in [3.8, 4) is 12.3 Å². The minimum absolute atomic E-state index is 0.517. The Hall–Kier alpha value is -0.440. The number of unbranched alkanes of at least 4 members (excludes halogenated alkanes) is 6. The maximum absolute atomic E-state index is 5.19. The van der Waals surface area contributed by atoms with Crippen LogP contribution in [-0.2, 0) is 0 Å². The molecule has 0 nitrogen and oxygen atoms in total. The zero-order valence-electron chi connectivity index (χ0n) is 10.2. The normalized spacial score (nSPS) is 11.3. The minimum atomic E-state index is 0.517. The highest BCUT2D eigenvalue weighted by molar-refractivity contribution is 4.82. The van der Waals surface area contributed by atoms with Crippen LogP contribution in [0.5, 0.6) is 0 Å². The molecule has 0 heterocycles. The predicted molar refractivity (Wildman–Crippen MR) is 65.2 cm³/mol. The molecule has 0 spiro atoms. The first-order valence-electron chi connectivity index (χ1n) is 6.00. The third-order valence-corrected chi connectivity index (χ3v) is 2.50. The summed E-state index contributed by atoms with van der Waals surface area (Å²) in [5, 5.41) is 0. The van der Waals surface area contributed by atoms with E-state index in [2.05, 4.69) is 26.7 Å². The van der Waals surface area contributed by atoms with E-state index < -0.39 is 0 Å². The second kappa shape index (κ2) is 7.92. The molecule has 0 unspecified atom stereocenters. The van der Waals surface area contributed by atoms with Gasteiger partial charge in [0, 0.05) is 6.42 Å². The summed E-state index contributed by atoms with van der Waals surface area (Å²) in [6.07, 6.45) is 15.6. The SMILES string of the molecule is C#CCCCCCCCCC(C)(C)C. The fraction of sp³-hybridized carbons (Fsp3) is 0.857. The van der Waals surface area contributed by atoms with Gasteiger partial charge < -0.3 is 0 Å². The van der Waals surface area contributed by atoms with E-state index in [1.54, 1.807) is 0 Å². The number of terminal acetylenes is 1. The van der Waals surface area contributed by atoms with Gasteiger partial charge in [-0.15, -0.1) is 12.3 Å². The minimum Gasteiger partial charge on any atom is -0.120 e. The first-order valence-corrected chi connectivity index (χ1v) is 6.00. The zero-order valence-corrected chi connectivity index (χ0v) is 10.2. The molecule has 0 amide bonds. The third-order valence-electron chi connectivity index (χ3n) is 2.50. The summed E-state index contributed by atoms with van der Waals surface area (Å²) in [5.41, 5.74) is 0.517. The van der Waals surface area contributed by atoms with Crippen LogP contribution in [-0.4, -0.2) is 0 Å². The van der Waals surface area contributed by atoms with Crippen molar-refractivity contribution in [2.75, 3.05) is 0 Å². The van der Waals surface area contributed by atoms with E-state index in [1.165, 1.54) is 44.9 Å². The molecule has 0 aliphatic carbocycles. The Morgan fingerprint density at radius 3 is 1.86 bits per heavy atom. The quantitative estimate of drug-likeness (QED) is 0.404. The Morgan fingerprint density at radius 1 is 0.857 bits per heavy atom. The lowest BCUT2D eigenvalue weighted by Gasteiger charge is -2.17. The highest BCUT2D eigenvalue weighted by Gasteiger charge is 2.08. The Bertz CT molecular complexity index is 154. The van der Waals surface area contributed by atoms with Gasteiger partial charge in [0.1, 0.15) is 0 Å². The Morgan fingerprint density at radius 2 is 1.36 bits per heavy atom. The molecule has 0 rings (SSSR count). The van der Waals surface area contributed by atoms with Crippen LogP contribution in [0.15, 0.2) is 0 Å². The van der Waals surface area contributed by atoms with E-state index in [0.717, 1.165) is 6.42 Å². The summed E-state index contributed by atoms with van der Waals surface area (Å²) in [5.74, 6) is 2.69. The molecule has 0 aliphatic heterocycles. The van der Waals surface area contributed by atoms with Crippen molar-refractivity contribution in [1.82, 2.24) is 0 Å². The summed E-state index contributed by atoms with van der Waals surface area (Å²) < 4.78 is 0. The molecule has 0 aromatic carbocycles. The van der Waals surface area contributed by atoms with Gasteiger partial charge in [-0.2, -0.15) is 0 Å². The van der Waals surface area contributed by atoms with Crippen molar-refractivity contribution >= 4 is 0 Å². The van der Waals surface area contributed by atoms with Gasteiger partial charge in [0.25, 0.3) is 0 Å². The largest absolute Gasteiger partial charge is 0.120 e. The maximum Gasteiger partial charge on any atom is 0.00860 e. The number of rotatable bonds is 7. The predicted octanol–water partition coefficient (Wildman–Crippen LogP) is 4.79. The number of hydrogen-bond donors (Lipinski definition) is 0. The Kier molecular flexibility index (Phi) is 7.67. The summed E-state index contributed by atoms with van der Waals surface area (Å²) in [4.78, 5) is 0. The molecule has 0 aromatic heterocycles. The van der Waals surface area contributed by atoms with E-state index in [1.807, 2.05) is 0 Å². The lowest BCUT2D eigenvalue weighted by atomic mass is 9.89. The molecule has 0 saturated heterocycles. The molecule has 0 saturated carbocycles. The third kappa shape index (κ3) is 11.6. The van der Waals surface area contributed by atoms with Crippen molar-refractivity contribution in [3.05, 3.63) is 0 Å². The first kappa shape index (κ1) is 13.6. The fourth-order valence-electron chi connectivity index (χ4n) is 1.59. The highest BCUT2D eigenvalue weighted by Crippen LogP contribution is 2.22. The average molecular weight is 194 g/mol. The summed E-state index contributed by atoms with van der Waals surface area (Å²) >= 11 is 0. The van der Waals surface area contributed by atoms with Crippen molar-refractivity contribution in [3.63, 3.8) is 0 Å². The molecular formula is C14H26. The van der Waals surface area contributed by atoms with Crippen molar-refractivity contribution < 1.29 is 0 Å². The van der Waals surface area contributed by atoms with Crippen LogP contribution in [0, 0.1) is 17.8 Å². The van der Waals surface area contributed by atoms with Crippen molar-refractivity contribution in [2.24, 2.45) is 5.41 Å². The van der Waals surface area contributed by atoms with Gasteiger partial charge in [-0.3, -0.25) is 0 Å². The fourth-order valence-corrected chi connectivity index (χ4v) is 1.59. The second-order valence-electron chi connectivity index (χ2n) is 5.39. The zero-order chi connectivity index (χ0) is 10.9. The summed E-state index contributed by atoms with van der Waals surface area (Å²) in [6.45, 7) is 6.96. The smallest absolute Gasteiger partial charge is 0.00860 e. The molecule has 82 valence electrons. The molecule has 0 aliphatic rings. The van der Waals surface area contributed by atoms with Gasteiger partial charge in [-0.05, 0) is 18.3 Å². The highest BCUT2D eigenvalue weighted by atomic mass is 14.1. The van der Waals surface area contributed by atoms with E-state index in [0.29, 0.717) is 5.41 Å². The Balaban J connectivity index is 3.04. The van der Waals surface area contributed by atoms with Gasteiger partial charge in [0.2, 0.25) is 0 Å². The average Bonchev–Trinajstić information content (AvgIpc) is 2.08. The molecule has 0 atom stereocenters. The van der Waals surface area contributed by atoms with Crippen LogP contribution >= 0.6 is 0 Å². The van der Waals surface area contributed by atoms with Crippen LogP contribution in [0.4, 0.5) is 0 Å². The molecule has 0 aromatic rings. The van der Waals surface area contributed by atoms with E-state index in [9.17, 15) is 0 Å². The van der Waals surface area contributed by atoms with E-state index in [-0.39, 0.29) is 0 Å². The van der Waals surface area contributed by atoms with Gasteiger partial charge in [0.15, 0.2) is 0 Å². The molecule has 14 heavy (non-hydrogen) atoms. The van der Waals surface area contributed by atoms with Crippen LogP contribution < -0.4 is 0 Å². The van der Waals surface area contributed by atoms with Crippen molar-refractivity contribution in [1.29, 1.82) is 0 Å². The molecule has 0 fully saturated rings. The van der Waals surface area contributed by atoms with Gasteiger partial charge in [-0.25, -0.2) is 0 Å². The number of hydrogen-bond acceptors (Lipinski definition) is 0. The topological polar surface area (TPSA) is 0 Å². The molecule has 0 bridgehead atoms. The Labute approximate surface area is 90.5 Å². The van der Waals surface area contributed by atoms with Crippen LogP contribution in [0.1, 0.15) is 72.1 Å². The van der Waals surface area contributed by atoms with Crippen LogP contribution in [0.25, 0.3) is 0 Å². The lowest BCUT2D eigenvalue weighted by molar-refractivity contribution is 0.356. The van der Waals surface area contributed by atoms with Gasteiger partial charge in [-0.1, -0.05) is 52.9 Å². The molecule has 0 heteroatoms. The summed E-state index contributed by atoms with van der Waals surface area (Å²) in [7, 11) is 0. The monoisotopic (exact) mass is 194 g/mol. The second-order valence-corrected chi connectivity index (χ2v) is 5.39. The van der Waals surface area contributed by atoms with E-state index in [4.69, 9.17) is 6.42 Å². The van der Waals surface area contributed by atoms with Crippen molar-refractivity contribution in [2.45, 2.75) is 72.1 Å². The first-order chi connectivity index (χ1) is 6.56. The lowest BCUT2D eigenvalue weighted by Crippen LogP contribution is -2.03. The molecule has 0 radical (unpaired) electrons. The standard InChI is InChI=1S/C14H26/c1-5-6-7-8-9-10-11-12-13-14(2,3)4/h1H,6-13H2,2-4H3. The van der Waals surface area contributed by atoms with Gasteiger partial charge >= 0.3 is 0 Å². The van der Waals surface area contributed by atoms with Crippen LogP contribution in [0.3, 0.4) is 0 Å². The summed E-state index contributed by atoms with van der Waals surface area (Å²) in [6, 6.07) is 0. The molecule has 0 N–H and O–H groups in total. The molecular weight excluding hydrogens is 168 g/mol. The van der Waals surface area contributed by atoms with Crippen LogP contribution in [0.2, 0.25) is 0 Å². The van der Waals surface area contributed by atoms with Gasteiger partial charge in [0.05, 0.1) is 0 Å².